The molecule has 0 saturated heterocycles. The number of hydrogen-bond donors (Lipinski definition) is 2. The molecule has 1 heterocycles. The van der Waals surface area contributed by atoms with Gasteiger partial charge in [-0.15, -0.1) is 0 Å². The van der Waals surface area contributed by atoms with Crippen molar-refractivity contribution in [2.45, 2.75) is 18.9 Å². The van der Waals surface area contributed by atoms with Gasteiger partial charge in [0, 0.05) is 24.8 Å². The predicted molar refractivity (Wildman–Crippen MR) is 77.6 cm³/mol. The van der Waals surface area contributed by atoms with Crippen LogP contribution in [0.15, 0.2) is 30.5 Å². The van der Waals surface area contributed by atoms with Gasteiger partial charge in [0.1, 0.15) is 5.52 Å². The molecule has 0 aliphatic heterocycles. The van der Waals surface area contributed by atoms with E-state index in [1.165, 1.54) is 18.9 Å². The minimum Gasteiger partial charge on any atom is -0.382 e. The highest BCUT2D eigenvalue weighted by atomic mass is 16.6. The molecule has 20 heavy (non-hydrogen) atoms. The number of nitrogens with zero attached hydrogens (tertiary/aromatic N) is 2. The lowest BCUT2D eigenvalue weighted by Gasteiger charge is -2.14. The SMILES string of the molecule is NC(CNc1ccc([N+](=O)[O-])c2cccnc12)C1CC1. The van der Waals surface area contributed by atoms with Crippen molar-refractivity contribution in [3.05, 3.63) is 40.6 Å². The molecule has 1 aromatic heterocycles. The summed E-state index contributed by atoms with van der Waals surface area (Å²) in [5.41, 5.74) is 7.54. The van der Waals surface area contributed by atoms with Gasteiger partial charge in [-0.3, -0.25) is 15.1 Å². The summed E-state index contributed by atoms with van der Waals surface area (Å²) in [4.78, 5) is 14.9. The van der Waals surface area contributed by atoms with E-state index >= 15 is 0 Å². The fourth-order valence-electron chi connectivity index (χ4n) is 2.38. The molecule has 6 heteroatoms. The molecule has 1 aliphatic carbocycles. The second-order valence-corrected chi connectivity index (χ2v) is 5.17. The molecule has 1 atom stereocenters. The first kappa shape index (κ1) is 12.8. The summed E-state index contributed by atoms with van der Waals surface area (Å²) in [5.74, 6) is 0.611. The zero-order valence-electron chi connectivity index (χ0n) is 11.0. The number of nitrogens with one attached hydrogen (secondary N) is 1. The number of nitrogens with two attached hydrogens (primary N) is 1. The molecule has 1 saturated carbocycles. The standard InChI is InChI=1S/C14H16N4O2/c15-11(9-3-4-9)8-17-12-5-6-13(18(19)20)10-2-1-7-16-14(10)12/h1-2,5-7,9,11,17H,3-4,8,15H2. The van der Waals surface area contributed by atoms with Gasteiger partial charge < -0.3 is 11.1 Å². The number of pyridine rings is 1. The molecular formula is C14H16N4O2. The van der Waals surface area contributed by atoms with Gasteiger partial charge in [0.15, 0.2) is 0 Å². The molecule has 1 aromatic carbocycles. The normalized spacial score (nSPS) is 16.1. The van der Waals surface area contributed by atoms with E-state index in [2.05, 4.69) is 10.3 Å². The number of hydrogen-bond acceptors (Lipinski definition) is 5. The highest BCUT2D eigenvalue weighted by molar-refractivity contribution is 5.96. The number of aromatic nitrogens is 1. The van der Waals surface area contributed by atoms with E-state index in [0.717, 1.165) is 5.69 Å². The van der Waals surface area contributed by atoms with Crippen LogP contribution in [0.5, 0.6) is 0 Å². The maximum Gasteiger partial charge on any atom is 0.278 e. The van der Waals surface area contributed by atoms with Crippen LogP contribution >= 0.6 is 0 Å². The Kier molecular flexibility index (Phi) is 3.23. The van der Waals surface area contributed by atoms with Crippen molar-refractivity contribution in [3.8, 4) is 0 Å². The largest absolute Gasteiger partial charge is 0.382 e. The van der Waals surface area contributed by atoms with Crippen molar-refractivity contribution in [2.24, 2.45) is 11.7 Å². The first-order valence-electron chi connectivity index (χ1n) is 6.68. The van der Waals surface area contributed by atoms with Gasteiger partial charge in [0.05, 0.1) is 16.0 Å². The number of anilines is 1. The number of rotatable bonds is 5. The summed E-state index contributed by atoms with van der Waals surface area (Å²) in [7, 11) is 0. The van der Waals surface area contributed by atoms with Gasteiger partial charge in [-0.05, 0) is 37.0 Å². The van der Waals surface area contributed by atoms with Crippen molar-refractivity contribution >= 4 is 22.3 Å². The summed E-state index contributed by atoms with van der Waals surface area (Å²) < 4.78 is 0. The Balaban J connectivity index is 1.91. The van der Waals surface area contributed by atoms with Crippen LogP contribution in [0.3, 0.4) is 0 Å². The van der Waals surface area contributed by atoms with Crippen molar-refractivity contribution in [3.63, 3.8) is 0 Å². The molecule has 0 radical (unpaired) electrons. The lowest BCUT2D eigenvalue weighted by molar-refractivity contribution is -0.383. The fraction of sp³-hybridized carbons (Fsp3) is 0.357. The van der Waals surface area contributed by atoms with E-state index in [4.69, 9.17) is 5.73 Å². The van der Waals surface area contributed by atoms with Gasteiger partial charge in [-0.25, -0.2) is 0 Å². The lowest BCUT2D eigenvalue weighted by Crippen LogP contribution is -2.31. The Bertz CT molecular complexity index is 655. The van der Waals surface area contributed by atoms with Crippen molar-refractivity contribution in [1.29, 1.82) is 0 Å². The first-order chi connectivity index (χ1) is 9.66. The third kappa shape index (κ3) is 2.42. The Morgan fingerprint density at radius 3 is 2.95 bits per heavy atom. The van der Waals surface area contributed by atoms with Crippen molar-refractivity contribution < 1.29 is 4.92 Å². The number of nitro groups is 1. The Labute approximate surface area is 116 Å². The molecule has 2 aromatic rings. The van der Waals surface area contributed by atoms with Gasteiger partial charge in [-0.1, -0.05) is 0 Å². The van der Waals surface area contributed by atoms with Crippen molar-refractivity contribution in [1.82, 2.24) is 4.98 Å². The first-order valence-corrected chi connectivity index (χ1v) is 6.68. The summed E-state index contributed by atoms with van der Waals surface area (Å²) >= 11 is 0. The van der Waals surface area contributed by atoms with Gasteiger partial charge in [0.2, 0.25) is 0 Å². The third-order valence-electron chi connectivity index (χ3n) is 3.70. The highest BCUT2D eigenvalue weighted by Gasteiger charge is 2.28. The summed E-state index contributed by atoms with van der Waals surface area (Å²) in [5, 5.41) is 14.8. The Morgan fingerprint density at radius 2 is 2.25 bits per heavy atom. The van der Waals surface area contributed by atoms with Gasteiger partial charge >= 0.3 is 0 Å². The molecule has 0 bridgehead atoms. The zero-order chi connectivity index (χ0) is 14.1. The van der Waals surface area contributed by atoms with Crippen LogP contribution in [-0.4, -0.2) is 22.5 Å². The molecular weight excluding hydrogens is 256 g/mol. The van der Waals surface area contributed by atoms with Gasteiger partial charge in [-0.2, -0.15) is 0 Å². The second-order valence-electron chi connectivity index (χ2n) is 5.17. The van der Waals surface area contributed by atoms with Crippen molar-refractivity contribution in [2.75, 3.05) is 11.9 Å². The maximum atomic E-state index is 11.0. The number of fused-ring (bicyclic) bond motifs is 1. The fourth-order valence-corrected chi connectivity index (χ4v) is 2.38. The van der Waals surface area contributed by atoms with E-state index < -0.39 is 0 Å². The predicted octanol–water partition coefficient (Wildman–Crippen LogP) is 2.29. The van der Waals surface area contributed by atoms with Crippen LogP contribution in [0, 0.1) is 16.0 Å². The van der Waals surface area contributed by atoms with Crippen LogP contribution < -0.4 is 11.1 Å². The average molecular weight is 272 g/mol. The maximum absolute atomic E-state index is 11.0. The van der Waals surface area contributed by atoms with Crippen LogP contribution in [0.25, 0.3) is 10.9 Å². The van der Waals surface area contributed by atoms with E-state index in [1.807, 2.05) is 0 Å². The van der Waals surface area contributed by atoms with E-state index in [9.17, 15) is 10.1 Å². The van der Waals surface area contributed by atoms with E-state index in [1.54, 1.807) is 24.4 Å². The van der Waals surface area contributed by atoms with Crippen LogP contribution in [-0.2, 0) is 0 Å². The summed E-state index contributed by atoms with van der Waals surface area (Å²) in [6.07, 6.45) is 4.03. The Morgan fingerprint density at radius 1 is 1.45 bits per heavy atom. The number of benzene rings is 1. The number of non-ortho nitro benzene ring substituents is 1. The smallest absolute Gasteiger partial charge is 0.278 e. The Hall–Kier alpha value is -2.21. The highest BCUT2D eigenvalue weighted by Crippen LogP contribution is 2.33. The van der Waals surface area contributed by atoms with Crippen LogP contribution in [0.1, 0.15) is 12.8 Å². The molecule has 1 fully saturated rings. The van der Waals surface area contributed by atoms with Gasteiger partial charge in [0.25, 0.3) is 5.69 Å². The number of nitro benzene ring substituents is 1. The van der Waals surface area contributed by atoms with Crippen LogP contribution in [0.2, 0.25) is 0 Å². The molecule has 3 N–H and O–H groups in total. The molecule has 0 amide bonds. The minimum atomic E-state index is -0.385. The average Bonchev–Trinajstić information content (AvgIpc) is 3.28. The summed E-state index contributed by atoms with van der Waals surface area (Å²) in [6, 6.07) is 6.76. The molecule has 6 nitrogen and oxygen atoms in total. The van der Waals surface area contributed by atoms with E-state index in [-0.39, 0.29) is 16.7 Å². The molecule has 1 aliphatic rings. The molecule has 104 valence electrons. The second kappa shape index (κ2) is 5.05. The molecule has 3 rings (SSSR count). The summed E-state index contributed by atoms with van der Waals surface area (Å²) in [6.45, 7) is 0.661. The quantitative estimate of drug-likeness (QED) is 0.643. The zero-order valence-corrected chi connectivity index (χ0v) is 11.0. The monoisotopic (exact) mass is 272 g/mol. The van der Waals surface area contributed by atoms with E-state index in [0.29, 0.717) is 23.4 Å². The van der Waals surface area contributed by atoms with Crippen LogP contribution in [0.4, 0.5) is 11.4 Å². The minimum absolute atomic E-state index is 0.0742. The molecule has 0 spiro atoms. The lowest BCUT2D eigenvalue weighted by atomic mass is 10.1. The molecule has 1 unspecified atom stereocenters. The third-order valence-corrected chi connectivity index (χ3v) is 3.70. The topological polar surface area (TPSA) is 94.1 Å².